The molecule has 2 aromatic rings. The molecular weight excluding hydrogens is 200 g/mol. The second-order valence-electron chi connectivity index (χ2n) is 2.83. The topological polar surface area (TPSA) is 53.4 Å². The van der Waals surface area contributed by atoms with Crippen LogP contribution in [0.25, 0.3) is 10.9 Å². The SMILES string of the molecule is Cl.OB(O)c1ccc2cccnc2c1. The van der Waals surface area contributed by atoms with Gasteiger partial charge in [0.2, 0.25) is 0 Å². The largest absolute Gasteiger partial charge is 0.488 e. The van der Waals surface area contributed by atoms with Gasteiger partial charge in [-0.1, -0.05) is 18.2 Å². The van der Waals surface area contributed by atoms with E-state index < -0.39 is 7.12 Å². The molecule has 0 amide bonds. The summed E-state index contributed by atoms with van der Waals surface area (Å²) in [6.07, 6.45) is 1.68. The lowest BCUT2D eigenvalue weighted by Gasteiger charge is -2.00. The number of aromatic nitrogens is 1. The fraction of sp³-hybridized carbons (Fsp3) is 0. The van der Waals surface area contributed by atoms with E-state index in [9.17, 15) is 0 Å². The number of halogens is 1. The molecule has 5 heteroatoms. The zero-order valence-electron chi connectivity index (χ0n) is 7.29. The van der Waals surface area contributed by atoms with Crippen LogP contribution in [-0.2, 0) is 0 Å². The van der Waals surface area contributed by atoms with Crippen LogP contribution in [0.1, 0.15) is 0 Å². The summed E-state index contributed by atoms with van der Waals surface area (Å²) in [6, 6.07) is 8.93. The summed E-state index contributed by atoms with van der Waals surface area (Å²) in [6.45, 7) is 0. The Hall–Kier alpha value is -1.10. The van der Waals surface area contributed by atoms with Crippen molar-refractivity contribution in [2.24, 2.45) is 0 Å². The lowest BCUT2D eigenvalue weighted by atomic mass is 9.80. The fourth-order valence-electron chi connectivity index (χ4n) is 1.24. The van der Waals surface area contributed by atoms with Crippen molar-refractivity contribution < 1.29 is 10.0 Å². The number of pyridine rings is 1. The quantitative estimate of drug-likeness (QED) is 0.666. The zero-order valence-corrected chi connectivity index (χ0v) is 8.11. The monoisotopic (exact) mass is 209 g/mol. The summed E-state index contributed by atoms with van der Waals surface area (Å²) in [5, 5.41) is 18.8. The van der Waals surface area contributed by atoms with E-state index in [2.05, 4.69) is 4.98 Å². The Bertz CT molecular complexity index is 436. The van der Waals surface area contributed by atoms with Gasteiger partial charge in [0.15, 0.2) is 0 Å². The van der Waals surface area contributed by atoms with E-state index in [1.54, 1.807) is 18.3 Å². The van der Waals surface area contributed by atoms with Crippen LogP contribution in [0.15, 0.2) is 36.5 Å². The predicted molar refractivity (Wildman–Crippen MR) is 58.8 cm³/mol. The van der Waals surface area contributed by atoms with Crippen LogP contribution in [-0.4, -0.2) is 22.2 Å². The number of hydrogen-bond acceptors (Lipinski definition) is 3. The molecule has 0 aliphatic rings. The fourth-order valence-corrected chi connectivity index (χ4v) is 1.24. The summed E-state index contributed by atoms with van der Waals surface area (Å²) in [7, 11) is -1.42. The number of nitrogens with zero attached hydrogens (tertiary/aromatic N) is 1. The molecule has 0 radical (unpaired) electrons. The van der Waals surface area contributed by atoms with Gasteiger partial charge in [-0.25, -0.2) is 0 Å². The maximum absolute atomic E-state index is 8.91. The van der Waals surface area contributed by atoms with E-state index in [4.69, 9.17) is 10.0 Å². The summed E-state index contributed by atoms with van der Waals surface area (Å²) < 4.78 is 0. The highest BCUT2D eigenvalue weighted by Crippen LogP contribution is 2.07. The van der Waals surface area contributed by atoms with Gasteiger partial charge in [-0.3, -0.25) is 4.98 Å². The van der Waals surface area contributed by atoms with Gasteiger partial charge < -0.3 is 10.0 Å². The first-order chi connectivity index (χ1) is 6.27. The molecule has 1 aromatic carbocycles. The van der Waals surface area contributed by atoms with Crippen molar-refractivity contribution in [3.63, 3.8) is 0 Å². The average Bonchev–Trinajstić information content (AvgIpc) is 2.17. The van der Waals surface area contributed by atoms with Gasteiger partial charge >= 0.3 is 7.12 Å². The molecule has 0 aliphatic heterocycles. The van der Waals surface area contributed by atoms with Crippen molar-refractivity contribution in [2.45, 2.75) is 0 Å². The maximum Gasteiger partial charge on any atom is 0.488 e. The van der Waals surface area contributed by atoms with Crippen molar-refractivity contribution in [1.82, 2.24) is 4.98 Å². The van der Waals surface area contributed by atoms with E-state index >= 15 is 0 Å². The second kappa shape index (κ2) is 4.42. The normalized spacial score (nSPS) is 9.57. The summed E-state index contributed by atoms with van der Waals surface area (Å²) in [4.78, 5) is 4.10. The van der Waals surface area contributed by atoms with E-state index in [0.717, 1.165) is 10.9 Å². The van der Waals surface area contributed by atoms with E-state index in [-0.39, 0.29) is 12.4 Å². The predicted octanol–water partition coefficient (Wildman–Crippen LogP) is 0.336. The Morgan fingerprint density at radius 3 is 2.64 bits per heavy atom. The third-order valence-electron chi connectivity index (χ3n) is 1.93. The van der Waals surface area contributed by atoms with Crippen LogP contribution in [0.3, 0.4) is 0 Å². The minimum atomic E-state index is -1.42. The molecule has 1 heterocycles. The van der Waals surface area contributed by atoms with Crippen molar-refractivity contribution in [1.29, 1.82) is 0 Å². The Balaban J connectivity index is 0.000000980. The van der Waals surface area contributed by atoms with Crippen molar-refractivity contribution in [3.8, 4) is 0 Å². The van der Waals surface area contributed by atoms with Gasteiger partial charge in [0.25, 0.3) is 0 Å². The molecular formula is C9H9BClNO2. The van der Waals surface area contributed by atoms with E-state index in [1.807, 2.05) is 18.2 Å². The lowest BCUT2D eigenvalue weighted by Crippen LogP contribution is -2.29. The highest BCUT2D eigenvalue weighted by atomic mass is 35.5. The lowest BCUT2D eigenvalue weighted by molar-refractivity contribution is 0.426. The smallest absolute Gasteiger partial charge is 0.423 e. The first-order valence-electron chi connectivity index (χ1n) is 3.98. The van der Waals surface area contributed by atoms with Crippen LogP contribution < -0.4 is 5.46 Å². The van der Waals surface area contributed by atoms with Crippen LogP contribution in [0.4, 0.5) is 0 Å². The first kappa shape index (κ1) is 11.0. The number of rotatable bonds is 1. The standard InChI is InChI=1S/C9H8BNO2.ClH/c12-10(13)8-4-3-7-2-1-5-11-9(7)6-8;/h1-6,12-13H;1H. The molecule has 1 aromatic heterocycles. The van der Waals surface area contributed by atoms with E-state index in [1.165, 1.54) is 0 Å². The van der Waals surface area contributed by atoms with Crippen molar-refractivity contribution in [2.75, 3.05) is 0 Å². The van der Waals surface area contributed by atoms with Gasteiger partial charge in [-0.15, -0.1) is 12.4 Å². The van der Waals surface area contributed by atoms with Gasteiger partial charge in [0.1, 0.15) is 0 Å². The summed E-state index contributed by atoms with van der Waals surface area (Å²) in [5.74, 6) is 0. The highest BCUT2D eigenvalue weighted by Gasteiger charge is 2.10. The third kappa shape index (κ3) is 2.04. The minimum Gasteiger partial charge on any atom is -0.423 e. The van der Waals surface area contributed by atoms with E-state index in [0.29, 0.717) is 5.46 Å². The molecule has 0 bridgehead atoms. The molecule has 2 N–H and O–H groups in total. The number of fused-ring (bicyclic) bond motifs is 1. The Labute approximate surface area is 88.0 Å². The molecule has 14 heavy (non-hydrogen) atoms. The molecule has 0 saturated carbocycles. The Kier molecular flexibility index (Phi) is 3.46. The maximum atomic E-state index is 8.91. The number of hydrogen-bond donors (Lipinski definition) is 2. The molecule has 72 valence electrons. The molecule has 0 aliphatic carbocycles. The molecule has 0 fully saturated rings. The highest BCUT2D eigenvalue weighted by molar-refractivity contribution is 6.58. The van der Waals surface area contributed by atoms with Crippen molar-refractivity contribution in [3.05, 3.63) is 36.5 Å². The molecule has 2 rings (SSSR count). The van der Waals surface area contributed by atoms with Gasteiger partial charge in [0.05, 0.1) is 5.52 Å². The van der Waals surface area contributed by atoms with Crippen LogP contribution >= 0.6 is 12.4 Å². The summed E-state index contributed by atoms with van der Waals surface area (Å²) >= 11 is 0. The molecule has 0 saturated heterocycles. The molecule has 0 atom stereocenters. The van der Waals surface area contributed by atoms with Crippen LogP contribution in [0, 0.1) is 0 Å². The minimum absolute atomic E-state index is 0. The first-order valence-corrected chi connectivity index (χ1v) is 3.98. The van der Waals surface area contributed by atoms with Crippen LogP contribution in [0.2, 0.25) is 0 Å². The second-order valence-corrected chi connectivity index (χ2v) is 2.83. The molecule has 0 unspecified atom stereocenters. The zero-order chi connectivity index (χ0) is 9.26. The van der Waals surface area contributed by atoms with Gasteiger partial charge in [0, 0.05) is 11.6 Å². The molecule has 0 spiro atoms. The molecule has 3 nitrogen and oxygen atoms in total. The summed E-state index contributed by atoms with van der Waals surface area (Å²) in [5.41, 5.74) is 1.24. The van der Waals surface area contributed by atoms with Gasteiger partial charge in [-0.2, -0.15) is 0 Å². The Morgan fingerprint density at radius 2 is 1.93 bits per heavy atom. The average molecular weight is 209 g/mol. The van der Waals surface area contributed by atoms with Gasteiger partial charge in [-0.05, 0) is 17.6 Å². The Morgan fingerprint density at radius 1 is 1.14 bits per heavy atom. The third-order valence-corrected chi connectivity index (χ3v) is 1.93. The van der Waals surface area contributed by atoms with Crippen LogP contribution in [0.5, 0.6) is 0 Å². The number of benzene rings is 1. The van der Waals surface area contributed by atoms with Crippen molar-refractivity contribution >= 4 is 35.9 Å².